The van der Waals surface area contributed by atoms with Crippen LogP contribution in [0.4, 0.5) is 0 Å². The van der Waals surface area contributed by atoms with Crippen LogP contribution in [0.2, 0.25) is 0 Å². The largest absolute Gasteiger partial charge is 0.256 e. The molecule has 1 aromatic heterocycles. The van der Waals surface area contributed by atoms with Gasteiger partial charge in [-0.2, -0.15) is 0 Å². The first-order valence-corrected chi connectivity index (χ1v) is 5.82. The van der Waals surface area contributed by atoms with Crippen LogP contribution in [0.25, 0.3) is 10.9 Å². The van der Waals surface area contributed by atoms with Gasteiger partial charge in [0, 0.05) is 21.7 Å². The molecule has 0 N–H and O–H groups in total. The minimum Gasteiger partial charge on any atom is -0.256 e. The van der Waals surface area contributed by atoms with E-state index in [9.17, 15) is 0 Å². The van der Waals surface area contributed by atoms with Crippen molar-refractivity contribution in [2.75, 3.05) is 0 Å². The van der Waals surface area contributed by atoms with Gasteiger partial charge in [0.15, 0.2) is 0 Å². The van der Waals surface area contributed by atoms with Crippen molar-refractivity contribution >= 4 is 22.7 Å². The van der Waals surface area contributed by atoms with Crippen LogP contribution in [0.3, 0.4) is 0 Å². The highest BCUT2D eigenvalue weighted by molar-refractivity contribution is 8.00. The lowest BCUT2D eigenvalue weighted by Crippen LogP contribution is -1.81. The molecule has 1 aromatic carbocycles. The Balaban J connectivity index is 2.11. The summed E-state index contributed by atoms with van der Waals surface area (Å²) >= 11 is 2.00. The Hall–Kier alpha value is -1.02. The molecule has 0 saturated heterocycles. The Labute approximate surface area is 87.5 Å². The van der Waals surface area contributed by atoms with Crippen LogP contribution in [-0.4, -0.2) is 10.2 Å². The Bertz CT molecular complexity index is 457. The maximum atomic E-state index is 4.36. The maximum Gasteiger partial charge on any atom is 0.0713 e. The van der Waals surface area contributed by atoms with Gasteiger partial charge >= 0.3 is 0 Å². The van der Waals surface area contributed by atoms with E-state index in [0.29, 0.717) is 0 Å². The number of hydrogen-bond donors (Lipinski definition) is 0. The fourth-order valence-corrected chi connectivity index (χ4v) is 2.73. The van der Waals surface area contributed by atoms with Crippen molar-refractivity contribution < 1.29 is 0 Å². The summed E-state index contributed by atoms with van der Waals surface area (Å²) in [7, 11) is 0. The molecule has 70 valence electrons. The fraction of sp³-hybridized carbons (Fsp3) is 0.250. The summed E-state index contributed by atoms with van der Waals surface area (Å²) in [4.78, 5) is 5.74. The van der Waals surface area contributed by atoms with Crippen LogP contribution in [-0.2, 0) is 0 Å². The van der Waals surface area contributed by atoms with E-state index >= 15 is 0 Å². The predicted molar refractivity (Wildman–Crippen MR) is 60.6 cm³/mol. The maximum absolute atomic E-state index is 4.36. The average Bonchev–Trinajstić information content (AvgIpc) is 3.03. The van der Waals surface area contributed by atoms with Crippen molar-refractivity contribution in [1.29, 1.82) is 0 Å². The number of hydrogen-bond acceptors (Lipinski definition) is 2. The number of pyridine rings is 1. The van der Waals surface area contributed by atoms with Gasteiger partial charge in [0.25, 0.3) is 0 Å². The van der Waals surface area contributed by atoms with Crippen molar-refractivity contribution in [2.45, 2.75) is 23.0 Å². The first-order chi connectivity index (χ1) is 6.93. The number of nitrogens with zero attached hydrogens (tertiary/aromatic N) is 1. The van der Waals surface area contributed by atoms with Crippen LogP contribution in [0.15, 0.2) is 41.4 Å². The van der Waals surface area contributed by atoms with E-state index in [-0.39, 0.29) is 0 Å². The Kier molecular flexibility index (Phi) is 1.95. The van der Waals surface area contributed by atoms with Gasteiger partial charge in [0.05, 0.1) is 5.52 Å². The highest BCUT2D eigenvalue weighted by Gasteiger charge is 2.23. The van der Waals surface area contributed by atoms with E-state index in [4.69, 9.17) is 0 Å². The van der Waals surface area contributed by atoms with Crippen LogP contribution < -0.4 is 0 Å². The lowest BCUT2D eigenvalue weighted by Gasteiger charge is -2.03. The molecule has 0 spiro atoms. The summed E-state index contributed by atoms with van der Waals surface area (Å²) in [5.74, 6) is 0. The number of aromatic nitrogens is 1. The van der Waals surface area contributed by atoms with Gasteiger partial charge in [-0.05, 0) is 31.0 Å². The van der Waals surface area contributed by atoms with Crippen LogP contribution in [0.1, 0.15) is 12.8 Å². The van der Waals surface area contributed by atoms with Crippen molar-refractivity contribution in [3.63, 3.8) is 0 Å². The minimum absolute atomic E-state index is 0.862. The molecule has 2 aromatic rings. The molecular formula is C12H11NS. The zero-order chi connectivity index (χ0) is 9.38. The highest BCUT2D eigenvalue weighted by atomic mass is 32.2. The molecule has 14 heavy (non-hydrogen) atoms. The van der Waals surface area contributed by atoms with E-state index in [0.717, 1.165) is 10.8 Å². The number of benzene rings is 1. The second-order valence-corrected chi connectivity index (χ2v) is 4.99. The lowest BCUT2D eigenvalue weighted by molar-refractivity contribution is 1.38. The second kappa shape index (κ2) is 3.28. The molecule has 0 atom stereocenters. The molecule has 0 bridgehead atoms. The van der Waals surface area contributed by atoms with Crippen molar-refractivity contribution in [1.82, 2.24) is 4.98 Å². The molecular weight excluding hydrogens is 190 g/mol. The molecule has 1 nitrogen and oxygen atoms in total. The summed E-state index contributed by atoms with van der Waals surface area (Å²) in [6, 6.07) is 10.5. The average molecular weight is 201 g/mol. The highest BCUT2D eigenvalue weighted by Crippen LogP contribution is 2.41. The van der Waals surface area contributed by atoms with E-state index in [1.807, 2.05) is 24.0 Å². The molecule has 0 amide bonds. The normalized spacial score (nSPS) is 16.0. The molecule has 0 radical (unpaired) electrons. The topological polar surface area (TPSA) is 12.9 Å². The van der Waals surface area contributed by atoms with Gasteiger partial charge in [-0.1, -0.05) is 12.1 Å². The van der Waals surface area contributed by atoms with Gasteiger partial charge in [-0.3, -0.25) is 4.98 Å². The van der Waals surface area contributed by atoms with E-state index in [1.165, 1.54) is 23.1 Å². The fourth-order valence-electron chi connectivity index (χ4n) is 1.54. The van der Waals surface area contributed by atoms with Crippen molar-refractivity contribution in [3.8, 4) is 0 Å². The first kappa shape index (κ1) is 8.30. The third-order valence-corrected chi connectivity index (χ3v) is 3.84. The van der Waals surface area contributed by atoms with Gasteiger partial charge in [0.1, 0.15) is 0 Å². The molecule has 1 aliphatic carbocycles. The first-order valence-electron chi connectivity index (χ1n) is 4.94. The monoisotopic (exact) mass is 201 g/mol. The third-order valence-electron chi connectivity index (χ3n) is 2.42. The quantitative estimate of drug-likeness (QED) is 0.737. The molecule has 2 heteroatoms. The summed E-state index contributed by atoms with van der Waals surface area (Å²) < 4.78 is 0. The summed E-state index contributed by atoms with van der Waals surface area (Å²) in [6.45, 7) is 0. The SMILES string of the molecule is c1cc(SC2CC2)c2cccnc2c1. The minimum atomic E-state index is 0.862. The molecule has 0 unspecified atom stereocenters. The van der Waals surface area contributed by atoms with Crippen molar-refractivity contribution in [2.24, 2.45) is 0 Å². The molecule has 1 heterocycles. The van der Waals surface area contributed by atoms with E-state index in [2.05, 4.69) is 29.2 Å². The predicted octanol–water partition coefficient (Wildman–Crippen LogP) is 3.49. The van der Waals surface area contributed by atoms with Crippen molar-refractivity contribution in [3.05, 3.63) is 36.5 Å². The smallest absolute Gasteiger partial charge is 0.0713 e. The zero-order valence-corrected chi connectivity index (χ0v) is 8.63. The summed E-state index contributed by atoms with van der Waals surface area (Å²) in [5.41, 5.74) is 1.11. The number of thioether (sulfide) groups is 1. The van der Waals surface area contributed by atoms with Crippen LogP contribution >= 0.6 is 11.8 Å². The third kappa shape index (κ3) is 1.50. The molecule has 1 saturated carbocycles. The zero-order valence-electron chi connectivity index (χ0n) is 7.81. The standard InChI is InChI=1S/C12H11NS/c1-4-11-10(3-2-8-13-11)12(5-1)14-9-6-7-9/h1-5,8-9H,6-7H2. The Morgan fingerprint density at radius 3 is 2.93 bits per heavy atom. The Morgan fingerprint density at radius 2 is 2.07 bits per heavy atom. The van der Waals surface area contributed by atoms with Gasteiger partial charge in [0.2, 0.25) is 0 Å². The van der Waals surface area contributed by atoms with Crippen LogP contribution in [0.5, 0.6) is 0 Å². The van der Waals surface area contributed by atoms with E-state index < -0.39 is 0 Å². The second-order valence-electron chi connectivity index (χ2n) is 3.64. The van der Waals surface area contributed by atoms with E-state index in [1.54, 1.807) is 0 Å². The molecule has 1 aliphatic rings. The lowest BCUT2D eigenvalue weighted by atomic mass is 10.2. The number of fused-ring (bicyclic) bond motifs is 1. The van der Waals surface area contributed by atoms with Gasteiger partial charge in [-0.25, -0.2) is 0 Å². The summed E-state index contributed by atoms with van der Waals surface area (Å²) in [5, 5.41) is 2.16. The molecule has 1 fully saturated rings. The van der Waals surface area contributed by atoms with Crippen LogP contribution in [0, 0.1) is 0 Å². The number of rotatable bonds is 2. The molecule has 3 rings (SSSR count). The van der Waals surface area contributed by atoms with Gasteiger partial charge in [-0.15, -0.1) is 11.8 Å². The molecule has 0 aliphatic heterocycles. The van der Waals surface area contributed by atoms with Gasteiger partial charge < -0.3 is 0 Å². The Morgan fingerprint density at radius 1 is 1.14 bits per heavy atom. The summed E-state index contributed by atoms with van der Waals surface area (Å²) in [6.07, 6.45) is 4.61.